The SMILES string of the molecule is CC(C)N(CC(=O)O)C(=O)C1CCCC(C(F)(F)F)C1. The number of hydrogen-bond acceptors (Lipinski definition) is 2. The number of aliphatic carboxylic acids is 1. The number of alkyl halides is 3. The van der Waals surface area contributed by atoms with Gasteiger partial charge in [0.1, 0.15) is 6.54 Å². The van der Waals surface area contributed by atoms with Gasteiger partial charge in [0.05, 0.1) is 5.92 Å². The van der Waals surface area contributed by atoms with Crippen molar-refractivity contribution in [1.82, 2.24) is 4.90 Å². The molecule has 1 aliphatic carbocycles. The number of nitrogens with zero attached hydrogens (tertiary/aromatic N) is 1. The molecule has 2 unspecified atom stereocenters. The molecule has 4 nitrogen and oxygen atoms in total. The van der Waals surface area contributed by atoms with Gasteiger partial charge in [-0.05, 0) is 33.1 Å². The van der Waals surface area contributed by atoms with Crippen LogP contribution in [0.2, 0.25) is 0 Å². The maximum absolute atomic E-state index is 12.7. The van der Waals surface area contributed by atoms with E-state index in [0.717, 1.165) is 4.90 Å². The van der Waals surface area contributed by atoms with Gasteiger partial charge in [-0.1, -0.05) is 6.42 Å². The van der Waals surface area contributed by atoms with Gasteiger partial charge in [0.25, 0.3) is 0 Å². The van der Waals surface area contributed by atoms with Gasteiger partial charge in [0.2, 0.25) is 5.91 Å². The molecule has 1 N–H and O–H groups in total. The van der Waals surface area contributed by atoms with Crippen LogP contribution >= 0.6 is 0 Å². The van der Waals surface area contributed by atoms with Gasteiger partial charge in [0, 0.05) is 12.0 Å². The highest BCUT2D eigenvalue weighted by molar-refractivity contribution is 5.83. The van der Waals surface area contributed by atoms with Crippen LogP contribution in [0.4, 0.5) is 13.2 Å². The van der Waals surface area contributed by atoms with Crippen molar-refractivity contribution in [3.8, 4) is 0 Å². The van der Waals surface area contributed by atoms with E-state index in [1.807, 2.05) is 0 Å². The van der Waals surface area contributed by atoms with Gasteiger partial charge >= 0.3 is 12.1 Å². The van der Waals surface area contributed by atoms with Crippen molar-refractivity contribution in [3.63, 3.8) is 0 Å². The summed E-state index contributed by atoms with van der Waals surface area (Å²) in [6, 6.07) is -0.343. The number of carboxylic acids is 1. The van der Waals surface area contributed by atoms with Crippen LogP contribution in [0, 0.1) is 11.8 Å². The molecule has 1 fully saturated rings. The minimum absolute atomic E-state index is 0.0495. The normalized spacial score (nSPS) is 23.7. The predicted molar refractivity (Wildman–Crippen MR) is 66.0 cm³/mol. The third-order valence-corrected chi connectivity index (χ3v) is 3.70. The highest BCUT2D eigenvalue weighted by Gasteiger charge is 2.44. The second-order valence-electron chi connectivity index (χ2n) is 5.56. The van der Waals surface area contributed by atoms with Crippen LogP contribution in [0.1, 0.15) is 39.5 Å². The van der Waals surface area contributed by atoms with E-state index in [-0.39, 0.29) is 18.9 Å². The molecule has 0 radical (unpaired) electrons. The van der Waals surface area contributed by atoms with Gasteiger partial charge in [-0.25, -0.2) is 0 Å². The first-order chi connectivity index (χ1) is 9.12. The first-order valence-corrected chi connectivity index (χ1v) is 6.72. The smallest absolute Gasteiger partial charge is 0.391 e. The third kappa shape index (κ3) is 4.38. The molecule has 1 aliphatic rings. The molecule has 2 atom stereocenters. The lowest BCUT2D eigenvalue weighted by atomic mass is 9.80. The van der Waals surface area contributed by atoms with Crippen LogP contribution in [0.15, 0.2) is 0 Å². The van der Waals surface area contributed by atoms with E-state index in [1.165, 1.54) is 0 Å². The molecule has 0 saturated heterocycles. The Balaban J connectivity index is 2.76. The summed E-state index contributed by atoms with van der Waals surface area (Å²) in [5.74, 6) is -3.81. The van der Waals surface area contributed by atoms with E-state index < -0.39 is 36.4 Å². The minimum Gasteiger partial charge on any atom is -0.480 e. The van der Waals surface area contributed by atoms with Crippen LogP contribution in [0.25, 0.3) is 0 Å². The first-order valence-electron chi connectivity index (χ1n) is 6.72. The fraction of sp³-hybridized carbons (Fsp3) is 0.846. The number of amides is 1. The van der Waals surface area contributed by atoms with Crippen molar-refractivity contribution >= 4 is 11.9 Å². The van der Waals surface area contributed by atoms with Crippen molar-refractivity contribution in [1.29, 1.82) is 0 Å². The molecule has 1 amide bonds. The molecule has 1 saturated carbocycles. The molecule has 20 heavy (non-hydrogen) atoms. The summed E-state index contributed by atoms with van der Waals surface area (Å²) in [5, 5.41) is 8.79. The largest absolute Gasteiger partial charge is 0.480 e. The fourth-order valence-corrected chi connectivity index (χ4v) is 2.61. The Kier molecular flexibility index (Phi) is 5.42. The minimum atomic E-state index is -4.28. The van der Waals surface area contributed by atoms with Crippen molar-refractivity contribution in [2.75, 3.05) is 6.54 Å². The summed E-state index contributed by atoms with van der Waals surface area (Å²) in [5.41, 5.74) is 0. The average molecular weight is 295 g/mol. The Morgan fingerprint density at radius 3 is 2.35 bits per heavy atom. The lowest BCUT2D eigenvalue weighted by Crippen LogP contribution is -2.45. The van der Waals surface area contributed by atoms with Gasteiger partial charge < -0.3 is 10.0 Å². The monoisotopic (exact) mass is 295 g/mol. The van der Waals surface area contributed by atoms with Crippen LogP contribution in [-0.4, -0.2) is 40.6 Å². The molecule has 116 valence electrons. The van der Waals surface area contributed by atoms with Gasteiger partial charge in [-0.15, -0.1) is 0 Å². The second-order valence-corrected chi connectivity index (χ2v) is 5.56. The number of carboxylic acid groups (broad SMARTS) is 1. The summed E-state index contributed by atoms with van der Waals surface area (Å²) in [6.07, 6.45) is -3.72. The molecule has 0 spiro atoms. The van der Waals surface area contributed by atoms with Crippen molar-refractivity contribution in [3.05, 3.63) is 0 Å². The highest BCUT2D eigenvalue weighted by atomic mass is 19.4. The lowest BCUT2D eigenvalue weighted by Gasteiger charge is -2.34. The van der Waals surface area contributed by atoms with Gasteiger partial charge in [-0.2, -0.15) is 13.2 Å². The number of rotatable bonds is 4. The summed E-state index contributed by atoms with van der Waals surface area (Å²) >= 11 is 0. The maximum Gasteiger partial charge on any atom is 0.391 e. The Morgan fingerprint density at radius 1 is 1.30 bits per heavy atom. The molecular formula is C13H20F3NO3. The molecule has 0 bridgehead atoms. The Bertz CT molecular complexity index is 368. The van der Waals surface area contributed by atoms with Gasteiger partial charge in [0.15, 0.2) is 0 Å². The van der Waals surface area contributed by atoms with Crippen LogP contribution in [0.3, 0.4) is 0 Å². The Morgan fingerprint density at radius 2 is 1.90 bits per heavy atom. The molecule has 7 heteroatoms. The highest BCUT2D eigenvalue weighted by Crippen LogP contribution is 2.40. The fourth-order valence-electron chi connectivity index (χ4n) is 2.61. The van der Waals surface area contributed by atoms with E-state index in [9.17, 15) is 22.8 Å². The molecular weight excluding hydrogens is 275 g/mol. The van der Waals surface area contributed by atoms with Crippen molar-refractivity contribution < 1.29 is 27.9 Å². The summed E-state index contributed by atoms with van der Waals surface area (Å²) < 4.78 is 38.2. The van der Waals surface area contributed by atoms with Gasteiger partial charge in [-0.3, -0.25) is 9.59 Å². The number of hydrogen-bond donors (Lipinski definition) is 1. The summed E-state index contributed by atoms with van der Waals surface area (Å²) in [7, 11) is 0. The van der Waals surface area contributed by atoms with Crippen LogP contribution in [-0.2, 0) is 9.59 Å². The summed E-state index contributed by atoms with van der Waals surface area (Å²) in [6.45, 7) is 2.85. The zero-order valence-corrected chi connectivity index (χ0v) is 11.6. The van der Waals surface area contributed by atoms with E-state index in [2.05, 4.69) is 0 Å². The number of carbonyl (C=O) groups is 2. The molecule has 0 aromatic rings. The van der Waals surface area contributed by atoms with Crippen molar-refractivity contribution in [2.45, 2.75) is 51.7 Å². The standard InChI is InChI=1S/C13H20F3NO3/c1-8(2)17(7-11(18)19)12(20)9-4-3-5-10(6-9)13(14,15)16/h8-10H,3-7H2,1-2H3,(H,18,19). The van der Waals surface area contributed by atoms with E-state index in [1.54, 1.807) is 13.8 Å². The predicted octanol–water partition coefficient (Wildman–Crippen LogP) is 2.68. The molecule has 0 aromatic carbocycles. The van der Waals surface area contributed by atoms with E-state index >= 15 is 0 Å². The molecule has 0 aliphatic heterocycles. The zero-order chi connectivity index (χ0) is 15.5. The number of carbonyl (C=O) groups excluding carboxylic acids is 1. The third-order valence-electron chi connectivity index (χ3n) is 3.70. The zero-order valence-electron chi connectivity index (χ0n) is 11.6. The molecule has 0 heterocycles. The van der Waals surface area contributed by atoms with E-state index in [0.29, 0.717) is 12.8 Å². The molecule has 1 rings (SSSR count). The maximum atomic E-state index is 12.7. The van der Waals surface area contributed by atoms with Crippen molar-refractivity contribution in [2.24, 2.45) is 11.8 Å². The topological polar surface area (TPSA) is 57.6 Å². The summed E-state index contributed by atoms with van der Waals surface area (Å²) in [4.78, 5) is 24.1. The van der Waals surface area contributed by atoms with Crippen LogP contribution in [0.5, 0.6) is 0 Å². The number of halogens is 3. The van der Waals surface area contributed by atoms with E-state index in [4.69, 9.17) is 5.11 Å². The quantitative estimate of drug-likeness (QED) is 0.867. The second kappa shape index (κ2) is 6.45. The Hall–Kier alpha value is -1.27. The Labute approximate surface area is 115 Å². The van der Waals surface area contributed by atoms with Crippen LogP contribution < -0.4 is 0 Å². The lowest BCUT2D eigenvalue weighted by molar-refractivity contribution is -0.187. The first kappa shape index (κ1) is 16.8. The molecule has 0 aromatic heterocycles. The average Bonchev–Trinajstić information content (AvgIpc) is 2.33.